The molecule has 0 bridgehead atoms. The Kier molecular flexibility index (Phi) is 3.48. The molecule has 0 saturated carbocycles. The Hall–Kier alpha value is -2.55. The van der Waals surface area contributed by atoms with Gasteiger partial charge < -0.3 is 0 Å². The van der Waals surface area contributed by atoms with Gasteiger partial charge in [0.05, 0.1) is 5.69 Å². The molecule has 2 aromatic heterocycles. The molecule has 3 rings (SSSR count). The molecular weight excluding hydrogens is 258 g/mol. The third kappa shape index (κ3) is 2.68. The van der Waals surface area contributed by atoms with Gasteiger partial charge in [0, 0.05) is 29.5 Å². The van der Waals surface area contributed by atoms with Crippen molar-refractivity contribution in [1.82, 2.24) is 9.97 Å². The average molecular weight is 276 g/mol. The fourth-order valence-corrected chi connectivity index (χ4v) is 2.47. The highest BCUT2D eigenvalue weighted by Gasteiger charge is 2.14. The number of aromatic nitrogens is 3. The maximum absolute atomic E-state index is 4.51. The molecule has 3 heteroatoms. The Morgan fingerprint density at radius 2 is 1.81 bits per heavy atom. The van der Waals surface area contributed by atoms with Crippen LogP contribution in [0.25, 0.3) is 22.5 Å². The van der Waals surface area contributed by atoms with Gasteiger partial charge in [0.1, 0.15) is 12.9 Å². The third-order valence-corrected chi connectivity index (χ3v) is 3.64. The highest BCUT2D eigenvalue weighted by atomic mass is 14.9. The van der Waals surface area contributed by atoms with E-state index in [2.05, 4.69) is 71.1 Å². The van der Waals surface area contributed by atoms with Gasteiger partial charge in [0.15, 0.2) is 6.20 Å². The lowest BCUT2D eigenvalue weighted by Crippen LogP contribution is -2.30. The van der Waals surface area contributed by atoms with Crippen molar-refractivity contribution >= 4 is 0 Å². The van der Waals surface area contributed by atoms with Gasteiger partial charge in [-0.1, -0.05) is 18.2 Å². The highest BCUT2D eigenvalue weighted by Crippen LogP contribution is 2.24. The predicted molar refractivity (Wildman–Crippen MR) is 83.6 cm³/mol. The van der Waals surface area contributed by atoms with E-state index >= 15 is 0 Å². The van der Waals surface area contributed by atoms with E-state index in [1.165, 1.54) is 16.8 Å². The monoisotopic (exact) mass is 276 g/mol. The van der Waals surface area contributed by atoms with Crippen LogP contribution in [0.3, 0.4) is 0 Å². The summed E-state index contributed by atoms with van der Waals surface area (Å²) in [7, 11) is 2.07. The summed E-state index contributed by atoms with van der Waals surface area (Å²) in [4.78, 5) is 8.67. The molecule has 3 nitrogen and oxygen atoms in total. The van der Waals surface area contributed by atoms with Gasteiger partial charge in [-0.3, -0.25) is 0 Å². The quantitative estimate of drug-likeness (QED) is 0.672. The van der Waals surface area contributed by atoms with Gasteiger partial charge in [-0.2, -0.15) is 0 Å². The number of pyridine rings is 1. The van der Waals surface area contributed by atoms with Crippen molar-refractivity contribution in [1.29, 1.82) is 0 Å². The minimum atomic E-state index is 0.790. The lowest BCUT2D eigenvalue weighted by Gasteiger charge is -2.06. The number of benzene rings is 1. The molecule has 0 fully saturated rings. The maximum Gasteiger partial charge on any atom is 0.213 e. The van der Waals surface area contributed by atoms with E-state index in [9.17, 15) is 0 Å². The molecule has 0 aliphatic heterocycles. The van der Waals surface area contributed by atoms with Crippen molar-refractivity contribution in [3.63, 3.8) is 0 Å². The van der Waals surface area contributed by atoms with Crippen molar-refractivity contribution in [2.75, 3.05) is 0 Å². The fraction of sp³-hybridized carbons (Fsp3) is 0.167. The van der Waals surface area contributed by atoms with Crippen molar-refractivity contribution in [2.24, 2.45) is 7.05 Å². The number of nitrogens with zero attached hydrogens (tertiary/aromatic N) is 3. The molecule has 2 heterocycles. The van der Waals surface area contributed by atoms with Crippen LogP contribution in [0, 0.1) is 13.8 Å². The van der Waals surface area contributed by atoms with Gasteiger partial charge in [-0.15, -0.1) is 0 Å². The van der Waals surface area contributed by atoms with Crippen LogP contribution in [-0.4, -0.2) is 9.97 Å². The van der Waals surface area contributed by atoms with Crippen LogP contribution in [0.15, 0.2) is 54.9 Å². The number of hydrogen-bond donors (Lipinski definition) is 0. The Morgan fingerprint density at radius 3 is 2.57 bits per heavy atom. The van der Waals surface area contributed by atoms with Crippen LogP contribution in [-0.2, 0) is 7.05 Å². The van der Waals surface area contributed by atoms with E-state index in [4.69, 9.17) is 0 Å². The van der Waals surface area contributed by atoms with E-state index in [1.807, 2.05) is 13.0 Å². The normalized spacial score (nSPS) is 10.6. The maximum atomic E-state index is 4.51. The molecule has 0 unspecified atom stereocenters. The first-order chi connectivity index (χ1) is 10.1. The number of hydrogen-bond acceptors (Lipinski definition) is 2. The lowest BCUT2D eigenvalue weighted by atomic mass is 10.0. The zero-order valence-corrected chi connectivity index (χ0v) is 12.5. The molecule has 21 heavy (non-hydrogen) atoms. The summed E-state index contributed by atoms with van der Waals surface area (Å²) in [6.45, 7) is 4.05. The Bertz CT molecular complexity index is 794. The van der Waals surface area contributed by atoms with Crippen LogP contribution in [0.5, 0.6) is 0 Å². The Morgan fingerprint density at radius 1 is 1.00 bits per heavy atom. The molecule has 1 aromatic carbocycles. The summed E-state index contributed by atoms with van der Waals surface area (Å²) >= 11 is 0. The van der Waals surface area contributed by atoms with E-state index in [1.54, 1.807) is 6.20 Å². The standard InChI is InChI=1S/C18H18N3/c1-13-6-4-5-7-16(13)18-12-15(9-11-21(18)3)17-8-10-19-14(2)20-17/h4-12H,1-3H3/q+1. The minimum Gasteiger partial charge on any atom is -0.242 e. The third-order valence-electron chi connectivity index (χ3n) is 3.64. The van der Waals surface area contributed by atoms with Gasteiger partial charge in [-0.25, -0.2) is 14.5 Å². The predicted octanol–water partition coefficient (Wildman–Crippen LogP) is 3.25. The second kappa shape index (κ2) is 5.44. The second-order valence-corrected chi connectivity index (χ2v) is 5.22. The summed E-state index contributed by atoms with van der Waals surface area (Å²) in [6, 6.07) is 14.6. The topological polar surface area (TPSA) is 29.7 Å². The highest BCUT2D eigenvalue weighted by molar-refractivity contribution is 5.68. The molecule has 0 amide bonds. The summed E-state index contributed by atoms with van der Waals surface area (Å²) in [5, 5.41) is 0. The lowest BCUT2D eigenvalue weighted by molar-refractivity contribution is -0.660. The first-order valence-electron chi connectivity index (χ1n) is 7.01. The molecule has 0 N–H and O–H groups in total. The zero-order chi connectivity index (χ0) is 14.8. The average Bonchev–Trinajstić information content (AvgIpc) is 2.49. The van der Waals surface area contributed by atoms with E-state index in [-0.39, 0.29) is 0 Å². The first-order valence-corrected chi connectivity index (χ1v) is 7.01. The van der Waals surface area contributed by atoms with Crippen molar-refractivity contribution in [3.8, 4) is 22.5 Å². The van der Waals surface area contributed by atoms with Crippen LogP contribution in [0.4, 0.5) is 0 Å². The fourth-order valence-electron chi connectivity index (χ4n) is 2.47. The van der Waals surface area contributed by atoms with Crippen LogP contribution in [0.1, 0.15) is 11.4 Å². The second-order valence-electron chi connectivity index (χ2n) is 5.22. The molecule has 0 aliphatic rings. The molecule has 104 valence electrons. The van der Waals surface area contributed by atoms with Crippen LogP contribution >= 0.6 is 0 Å². The van der Waals surface area contributed by atoms with Gasteiger partial charge in [0.25, 0.3) is 0 Å². The summed E-state index contributed by atoms with van der Waals surface area (Å²) in [6.07, 6.45) is 3.88. The van der Waals surface area contributed by atoms with Crippen molar-refractivity contribution in [3.05, 3.63) is 66.2 Å². The molecule has 3 aromatic rings. The largest absolute Gasteiger partial charge is 0.242 e. The minimum absolute atomic E-state index is 0.790. The van der Waals surface area contributed by atoms with E-state index < -0.39 is 0 Å². The van der Waals surface area contributed by atoms with Crippen molar-refractivity contribution < 1.29 is 4.57 Å². The number of rotatable bonds is 2. The zero-order valence-electron chi connectivity index (χ0n) is 12.5. The smallest absolute Gasteiger partial charge is 0.213 e. The SMILES string of the molecule is Cc1nccc(-c2cc[n+](C)c(-c3ccccc3C)c2)n1. The summed E-state index contributed by atoms with van der Waals surface area (Å²) < 4.78 is 2.14. The first kappa shape index (κ1) is 13.4. The Labute approximate surface area is 125 Å². The summed E-state index contributed by atoms with van der Waals surface area (Å²) in [5.41, 5.74) is 5.76. The Balaban J connectivity index is 2.15. The summed E-state index contributed by atoms with van der Waals surface area (Å²) in [5.74, 6) is 0.790. The van der Waals surface area contributed by atoms with Crippen molar-refractivity contribution in [2.45, 2.75) is 13.8 Å². The van der Waals surface area contributed by atoms with Gasteiger partial charge in [0.2, 0.25) is 5.69 Å². The van der Waals surface area contributed by atoms with Crippen LogP contribution < -0.4 is 4.57 Å². The molecule has 0 atom stereocenters. The van der Waals surface area contributed by atoms with E-state index in [0.717, 1.165) is 17.1 Å². The molecule has 0 radical (unpaired) electrons. The van der Waals surface area contributed by atoms with Crippen LogP contribution in [0.2, 0.25) is 0 Å². The molecular formula is C18H18N3+. The molecule has 0 saturated heterocycles. The molecule has 0 aliphatic carbocycles. The number of aryl methyl sites for hydroxylation is 3. The van der Waals surface area contributed by atoms with E-state index in [0.29, 0.717) is 0 Å². The van der Waals surface area contributed by atoms with Gasteiger partial charge >= 0.3 is 0 Å². The van der Waals surface area contributed by atoms with Gasteiger partial charge in [-0.05, 0) is 31.5 Å². The molecule has 0 spiro atoms.